The number of aromatic nitrogens is 2. The van der Waals surface area contributed by atoms with Crippen molar-refractivity contribution in [2.24, 2.45) is 0 Å². The molecule has 0 radical (unpaired) electrons. The zero-order valence-corrected chi connectivity index (χ0v) is 8.29. The number of rotatable bonds is 4. The van der Waals surface area contributed by atoms with Crippen LogP contribution in [0.1, 0.15) is 38.1 Å². The van der Waals surface area contributed by atoms with Crippen molar-refractivity contribution in [2.75, 3.05) is 0 Å². The molecule has 1 rings (SSSR count). The minimum absolute atomic E-state index is 0.766. The molecule has 0 atom stereocenters. The molecule has 1 aromatic rings. The van der Waals surface area contributed by atoms with Crippen LogP contribution in [0.25, 0.3) is 0 Å². The van der Waals surface area contributed by atoms with Gasteiger partial charge in [0.25, 0.3) is 0 Å². The molecule has 72 valence electrons. The predicted octanol–water partition coefficient (Wildman–Crippen LogP) is 1.62. The van der Waals surface area contributed by atoms with Crippen LogP contribution in [0.4, 0.5) is 0 Å². The maximum absolute atomic E-state index is 11.4. The molecule has 3 heteroatoms. The highest BCUT2D eigenvalue weighted by atomic mass is 16.5. The Kier molecular flexibility index (Phi) is 3.68. The molecule has 0 aliphatic heterocycles. The lowest BCUT2D eigenvalue weighted by Gasteiger charge is -2.04. The first-order valence-corrected chi connectivity index (χ1v) is 4.84. The van der Waals surface area contributed by atoms with E-state index in [1.54, 1.807) is 12.4 Å². The second kappa shape index (κ2) is 4.80. The van der Waals surface area contributed by atoms with Crippen molar-refractivity contribution in [1.29, 1.82) is 0 Å². The third kappa shape index (κ3) is 2.68. The molecule has 0 amide bonds. The lowest BCUT2D eigenvalue weighted by molar-refractivity contribution is -0.615. The molecule has 3 nitrogen and oxygen atoms in total. The van der Waals surface area contributed by atoms with Gasteiger partial charge in [-0.15, -0.1) is 0 Å². The van der Waals surface area contributed by atoms with E-state index in [0.29, 0.717) is 0 Å². The van der Waals surface area contributed by atoms with Crippen LogP contribution in [0.5, 0.6) is 0 Å². The first kappa shape index (κ1) is 9.96. The van der Waals surface area contributed by atoms with Crippen molar-refractivity contribution in [2.45, 2.75) is 39.5 Å². The van der Waals surface area contributed by atoms with Crippen molar-refractivity contribution >= 4 is 0 Å². The van der Waals surface area contributed by atoms with Crippen LogP contribution in [0, 0.1) is 5.21 Å². The maximum atomic E-state index is 11.4. The summed E-state index contributed by atoms with van der Waals surface area (Å²) < 4.78 is 0.946. The fourth-order valence-electron chi connectivity index (χ4n) is 1.28. The van der Waals surface area contributed by atoms with Crippen molar-refractivity contribution in [3.8, 4) is 0 Å². The van der Waals surface area contributed by atoms with Crippen LogP contribution in [0.2, 0.25) is 0 Å². The second-order valence-corrected chi connectivity index (χ2v) is 3.20. The normalized spacial score (nSPS) is 10.3. The molecule has 0 spiro atoms. The third-order valence-electron chi connectivity index (χ3n) is 1.94. The number of hydrogen-bond acceptors (Lipinski definition) is 2. The van der Waals surface area contributed by atoms with Gasteiger partial charge in [0.2, 0.25) is 11.9 Å². The largest absolute Gasteiger partial charge is 0.618 e. The zero-order valence-electron chi connectivity index (χ0n) is 8.29. The van der Waals surface area contributed by atoms with Crippen LogP contribution in [-0.2, 0) is 12.8 Å². The minimum Gasteiger partial charge on any atom is -0.618 e. The van der Waals surface area contributed by atoms with Gasteiger partial charge in [0, 0.05) is 6.42 Å². The molecule has 13 heavy (non-hydrogen) atoms. The van der Waals surface area contributed by atoms with Crippen LogP contribution in [0.15, 0.2) is 12.4 Å². The molecular weight excluding hydrogens is 164 g/mol. The number of aryl methyl sites for hydroxylation is 2. The maximum Gasteiger partial charge on any atom is 0.211 e. The summed E-state index contributed by atoms with van der Waals surface area (Å²) in [5.74, 6) is 0. The Hall–Kier alpha value is -1.12. The molecule has 0 saturated heterocycles. The number of nitrogens with zero attached hydrogens (tertiary/aromatic N) is 2. The molecule has 1 aromatic heterocycles. The predicted molar refractivity (Wildman–Crippen MR) is 51.2 cm³/mol. The molecule has 0 fully saturated rings. The average molecular weight is 180 g/mol. The van der Waals surface area contributed by atoms with Crippen molar-refractivity contribution < 1.29 is 4.73 Å². The topological polar surface area (TPSA) is 39.8 Å². The van der Waals surface area contributed by atoms with Crippen LogP contribution in [0.3, 0.4) is 0 Å². The van der Waals surface area contributed by atoms with Crippen LogP contribution < -0.4 is 4.73 Å². The van der Waals surface area contributed by atoms with Gasteiger partial charge in [0.1, 0.15) is 5.69 Å². The summed E-state index contributed by atoms with van der Waals surface area (Å²) in [6, 6.07) is 0. The third-order valence-corrected chi connectivity index (χ3v) is 1.94. The van der Waals surface area contributed by atoms with E-state index in [4.69, 9.17) is 0 Å². The SMILES string of the molecule is CCCc1c[n+]([O-])c(CCC)cn1. The van der Waals surface area contributed by atoms with Gasteiger partial charge in [0.15, 0.2) is 0 Å². The summed E-state index contributed by atoms with van der Waals surface area (Å²) in [7, 11) is 0. The Bertz CT molecular complexity index is 274. The summed E-state index contributed by atoms with van der Waals surface area (Å²) in [6.45, 7) is 4.14. The van der Waals surface area contributed by atoms with E-state index in [-0.39, 0.29) is 0 Å². The Morgan fingerprint density at radius 2 is 2.00 bits per heavy atom. The minimum atomic E-state index is 0.766. The van der Waals surface area contributed by atoms with Gasteiger partial charge >= 0.3 is 0 Å². The monoisotopic (exact) mass is 180 g/mol. The molecular formula is C10H16N2O. The number of hydrogen-bond donors (Lipinski definition) is 0. The fourth-order valence-corrected chi connectivity index (χ4v) is 1.28. The van der Waals surface area contributed by atoms with E-state index in [1.807, 2.05) is 0 Å². The quantitative estimate of drug-likeness (QED) is 0.521. The van der Waals surface area contributed by atoms with Crippen LogP contribution in [-0.4, -0.2) is 4.98 Å². The van der Waals surface area contributed by atoms with Gasteiger partial charge in [0.05, 0.1) is 6.20 Å². The smallest absolute Gasteiger partial charge is 0.211 e. The molecule has 1 heterocycles. The van der Waals surface area contributed by atoms with Crippen molar-refractivity contribution in [3.63, 3.8) is 0 Å². The summed E-state index contributed by atoms with van der Waals surface area (Å²) in [5, 5.41) is 11.4. The molecule has 0 aliphatic rings. The Morgan fingerprint density at radius 1 is 1.31 bits per heavy atom. The van der Waals surface area contributed by atoms with E-state index in [2.05, 4.69) is 18.8 Å². The van der Waals surface area contributed by atoms with Gasteiger partial charge < -0.3 is 5.21 Å². The summed E-state index contributed by atoms with van der Waals surface area (Å²) in [4.78, 5) is 4.23. The second-order valence-electron chi connectivity index (χ2n) is 3.20. The fraction of sp³-hybridized carbons (Fsp3) is 0.600. The first-order valence-electron chi connectivity index (χ1n) is 4.84. The van der Waals surface area contributed by atoms with Crippen molar-refractivity contribution in [3.05, 3.63) is 29.0 Å². The van der Waals surface area contributed by atoms with E-state index >= 15 is 0 Å². The molecule has 0 N–H and O–H groups in total. The molecule has 0 unspecified atom stereocenters. The van der Waals surface area contributed by atoms with Gasteiger partial charge in [-0.05, 0) is 12.8 Å². The standard InChI is InChI=1S/C10H16N2O/c1-3-5-9-8-12(13)10(6-4-2)7-11-9/h7-8H,3-6H2,1-2H3. The lowest BCUT2D eigenvalue weighted by Crippen LogP contribution is -2.32. The Balaban J connectivity index is 2.79. The van der Waals surface area contributed by atoms with E-state index < -0.39 is 0 Å². The lowest BCUT2D eigenvalue weighted by atomic mass is 10.2. The molecule has 0 aliphatic carbocycles. The van der Waals surface area contributed by atoms with Gasteiger partial charge in [-0.25, -0.2) is 4.98 Å². The average Bonchev–Trinajstić information content (AvgIpc) is 2.10. The molecule has 0 aromatic carbocycles. The van der Waals surface area contributed by atoms with E-state index in [0.717, 1.165) is 41.8 Å². The highest BCUT2D eigenvalue weighted by Gasteiger charge is 2.05. The first-order chi connectivity index (χ1) is 6.27. The van der Waals surface area contributed by atoms with E-state index in [1.165, 1.54) is 0 Å². The summed E-state index contributed by atoms with van der Waals surface area (Å²) in [6.07, 6.45) is 6.99. The Labute approximate surface area is 79.0 Å². The van der Waals surface area contributed by atoms with E-state index in [9.17, 15) is 5.21 Å². The summed E-state index contributed by atoms with van der Waals surface area (Å²) in [5.41, 5.74) is 1.65. The zero-order chi connectivity index (χ0) is 9.68. The molecule has 0 bridgehead atoms. The van der Waals surface area contributed by atoms with Crippen molar-refractivity contribution in [1.82, 2.24) is 4.98 Å². The van der Waals surface area contributed by atoms with Gasteiger partial charge in [-0.2, -0.15) is 4.73 Å². The Morgan fingerprint density at radius 3 is 2.54 bits per heavy atom. The van der Waals surface area contributed by atoms with Crippen LogP contribution >= 0.6 is 0 Å². The highest BCUT2D eigenvalue weighted by Crippen LogP contribution is 1.99. The summed E-state index contributed by atoms with van der Waals surface area (Å²) >= 11 is 0. The van der Waals surface area contributed by atoms with Gasteiger partial charge in [-0.3, -0.25) is 0 Å². The molecule has 0 saturated carbocycles. The van der Waals surface area contributed by atoms with Gasteiger partial charge in [-0.1, -0.05) is 20.3 Å². The highest BCUT2D eigenvalue weighted by molar-refractivity contribution is 4.96.